The van der Waals surface area contributed by atoms with Crippen molar-refractivity contribution in [3.8, 4) is 11.5 Å². The van der Waals surface area contributed by atoms with E-state index in [1.54, 1.807) is 10.5 Å². The molecule has 3 rings (SSSR count). The van der Waals surface area contributed by atoms with E-state index in [0.717, 1.165) is 42.3 Å². The van der Waals surface area contributed by atoms with Crippen LogP contribution in [0.3, 0.4) is 0 Å². The van der Waals surface area contributed by atoms with Gasteiger partial charge in [-0.05, 0) is 31.7 Å². The van der Waals surface area contributed by atoms with E-state index < -0.39 is 10.0 Å². The van der Waals surface area contributed by atoms with Gasteiger partial charge in [-0.15, -0.1) is 0 Å². The molecule has 130 valence electrons. The molecule has 0 aromatic carbocycles. The van der Waals surface area contributed by atoms with E-state index in [-0.39, 0.29) is 0 Å². The van der Waals surface area contributed by atoms with Crippen LogP contribution in [0, 0.1) is 12.8 Å². The summed E-state index contributed by atoms with van der Waals surface area (Å²) in [4.78, 5) is 13.6. The molecule has 0 aliphatic carbocycles. The van der Waals surface area contributed by atoms with Crippen LogP contribution < -0.4 is 0 Å². The van der Waals surface area contributed by atoms with Crippen LogP contribution in [0.15, 0.2) is 18.5 Å². The van der Waals surface area contributed by atoms with E-state index in [1.807, 2.05) is 30.8 Å². The molecule has 2 aromatic rings. The first-order valence-corrected chi connectivity index (χ1v) is 9.95. The van der Waals surface area contributed by atoms with Crippen LogP contribution >= 0.6 is 0 Å². The van der Waals surface area contributed by atoms with Gasteiger partial charge in [0.1, 0.15) is 11.5 Å². The van der Waals surface area contributed by atoms with E-state index in [0.29, 0.717) is 19.0 Å². The zero-order chi connectivity index (χ0) is 17.3. The molecule has 1 aliphatic heterocycles. The lowest BCUT2D eigenvalue weighted by Gasteiger charge is -2.29. The van der Waals surface area contributed by atoms with Crippen molar-refractivity contribution >= 4 is 10.0 Å². The summed E-state index contributed by atoms with van der Waals surface area (Å²) in [7, 11) is -1.13. The van der Waals surface area contributed by atoms with Gasteiger partial charge in [-0.3, -0.25) is 0 Å². The maximum Gasteiger partial charge on any atom is 0.211 e. The molecule has 1 saturated heterocycles. The standard InChI is InChI=1S/C16H23N5O2S/c1-12-10-14(16-17-6-9-20(16)2)19-15(18-12)11-13-4-7-21(8-5-13)24(3,22)23/h6,9-10,13H,4-5,7-8,11H2,1-3H3. The Balaban J connectivity index is 1.73. The molecule has 0 unspecified atom stereocenters. The fraction of sp³-hybridized carbons (Fsp3) is 0.562. The van der Waals surface area contributed by atoms with Gasteiger partial charge < -0.3 is 4.57 Å². The number of sulfonamides is 1. The van der Waals surface area contributed by atoms with Crippen molar-refractivity contribution in [2.24, 2.45) is 13.0 Å². The molecule has 7 nitrogen and oxygen atoms in total. The van der Waals surface area contributed by atoms with Crippen molar-refractivity contribution in [2.45, 2.75) is 26.2 Å². The van der Waals surface area contributed by atoms with Crippen LogP contribution in [0.4, 0.5) is 0 Å². The smallest absolute Gasteiger partial charge is 0.211 e. The molecule has 0 saturated carbocycles. The highest BCUT2D eigenvalue weighted by Crippen LogP contribution is 2.23. The SMILES string of the molecule is Cc1cc(-c2nccn2C)nc(CC2CCN(S(C)(=O)=O)CC2)n1. The molecule has 0 N–H and O–H groups in total. The molecule has 0 spiro atoms. The molecule has 3 heterocycles. The molecule has 0 amide bonds. The fourth-order valence-electron chi connectivity index (χ4n) is 3.15. The molecular formula is C16H23N5O2S. The van der Waals surface area contributed by atoms with Crippen LogP contribution in [0.5, 0.6) is 0 Å². The van der Waals surface area contributed by atoms with Crippen molar-refractivity contribution in [2.75, 3.05) is 19.3 Å². The van der Waals surface area contributed by atoms with Crippen LogP contribution in [-0.4, -0.2) is 51.6 Å². The van der Waals surface area contributed by atoms with Crippen molar-refractivity contribution in [1.82, 2.24) is 23.8 Å². The summed E-state index contributed by atoms with van der Waals surface area (Å²) < 4.78 is 26.7. The first-order chi connectivity index (χ1) is 11.3. The first-order valence-electron chi connectivity index (χ1n) is 8.10. The van der Waals surface area contributed by atoms with Crippen LogP contribution in [0.1, 0.15) is 24.4 Å². The number of nitrogens with zero attached hydrogens (tertiary/aromatic N) is 5. The maximum absolute atomic E-state index is 11.6. The number of hydrogen-bond donors (Lipinski definition) is 0. The van der Waals surface area contributed by atoms with E-state index in [1.165, 1.54) is 6.26 Å². The first kappa shape index (κ1) is 17.0. The minimum atomic E-state index is -3.08. The zero-order valence-corrected chi connectivity index (χ0v) is 15.1. The zero-order valence-electron chi connectivity index (χ0n) is 14.3. The predicted octanol–water partition coefficient (Wildman–Crippen LogP) is 1.40. The van der Waals surface area contributed by atoms with Crippen molar-refractivity contribution in [1.29, 1.82) is 0 Å². The Hall–Kier alpha value is -1.80. The number of rotatable bonds is 4. The average molecular weight is 349 g/mol. The normalized spacial score (nSPS) is 17.3. The highest BCUT2D eigenvalue weighted by Gasteiger charge is 2.25. The Kier molecular flexibility index (Phi) is 4.69. The minimum Gasteiger partial charge on any atom is -0.333 e. The summed E-state index contributed by atoms with van der Waals surface area (Å²) in [5, 5.41) is 0. The average Bonchev–Trinajstić information content (AvgIpc) is 2.92. The molecule has 8 heteroatoms. The molecule has 24 heavy (non-hydrogen) atoms. The topological polar surface area (TPSA) is 81.0 Å². The summed E-state index contributed by atoms with van der Waals surface area (Å²) in [6.07, 6.45) is 7.40. The van der Waals surface area contributed by atoms with E-state index in [9.17, 15) is 8.42 Å². The van der Waals surface area contributed by atoms with Gasteiger partial charge in [0, 0.05) is 44.6 Å². The highest BCUT2D eigenvalue weighted by atomic mass is 32.2. The Bertz CT molecular complexity index is 823. The van der Waals surface area contributed by atoms with Crippen molar-refractivity contribution < 1.29 is 8.42 Å². The molecule has 0 bridgehead atoms. The second kappa shape index (κ2) is 6.60. The summed E-state index contributed by atoms with van der Waals surface area (Å²) in [6.45, 7) is 3.13. The van der Waals surface area contributed by atoms with Crippen molar-refractivity contribution in [3.63, 3.8) is 0 Å². The quantitative estimate of drug-likeness (QED) is 0.833. The lowest BCUT2D eigenvalue weighted by Crippen LogP contribution is -2.38. The second-order valence-electron chi connectivity index (χ2n) is 6.48. The Morgan fingerprint density at radius 3 is 2.54 bits per heavy atom. The van der Waals surface area contributed by atoms with Gasteiger partial charge in [-0.2, -0.15) is 0 Å². The number of hydrogen-bond acceptors (Lipinski definition) is 5. The van der Waals surface area contributed by atoms with Crippen molar-refractivity contribution in [3.05, 3.63) is 30.0 Å². The minimum absolute atomic E-state index is 0.416. The monoisotopic (exact) mass is 349 g/mol. The van der Waals surface area contributed by atoms with Gasteiger partial charge in [0.05, 0.1) is 6.26 Å². The summed E-state index contributed by atoms with van der Waals surface area (Å²) >= 11 is 0. The summed E-state index contributed by atoms with van der Waals surface area (Å²) in [6, 6.07) is 1.94. The van der Waals surface area contributed by atoms with Crippen LogP contribution in [0.2, 0.25) is 0 Å². The molecule has 0 radical (unpaired) electrons. The fourth-order valence-corrected chi connectivity index (χ4v) is 4.03. The summed E-state index contributed by atoms with van der Waals surface area (Å²) in [5.74, 6) is 2.05. The van der Waals surface area contributed by atoms with Gasteiger partial charge in [0.25, 0.3) is 0 Å². The number of aromatic nitrogens is 4. The molecule has 1 aliphatic rings. The largest absolute Gasteiger partial charge is 0.333 e. The second-order valence-corrected chi connectivity index (χ2v) is 8.46. The number of aryl methyl sites for hydroxylation is 2. The summed E-state index contributed by atoms with van der Waals surface area (Å²) in [5.41, 5.74) is 1.75. The van der Waals surface area contributed by atoms with Gasteiger partial charge in [0.2, 0.25) is 10.0 Å². The van der Waals surface area contributed by atoms with Gasteiger partial charge >= 0.3 is 0 Å². The Labute approximate surface area is 142 Å². The van der Waals surface area contributed by atoms with Gasteiger partial charge in [-0.1, -0.05) is 0 Å². The Morgan fingerprint density at radius 2 is 1.96 bits per heavy atom. The Morgan fingerprint density at radius 1 is 1.25 bits per heavy atom. The third kappa shape index (κ3) is 3.81. The van der Waals surface area contributed by atoms with E-state index in [4.69, 9.17) is 0 Å². The third-order valence-electron chi connectivity index (χ3n) is 4.46. The van der Waals surface area contributed by atoms with Crippen LogP contribution in [0.25, 0.3) is 11.5 Å². The number of piperidine rings is 1. The van der Waals surface area contributed by atoms with E-state index >= 15 is 0 Å². The highest BCUT2D eigenvalue weighted by molar-refractivity contribution is 7.88. The molecule has 1 fully saturated rings. The van der Waals surface area contributed by atoms with E-state index in [2.05, 4.69) is 15.0 Å². The lowest BCUT2D eigenvalue weighted by molar-refractivity contribution is 0.271. The van der Waals surface area contributed by atoms with Gasteiger partial charge in [0.15, 0.2) is 5.82 Å². The number of imidazole rings is 1. The maximum atomic E-state index is 11.6. The molecule has 0 atom stereocenters. The molecule has 2 aromatic heterocycles. The lowest BCUT2D eigenvalue weighted by atomic mass is 9.94. The predicted molar refractivity (Wildman–Crippen MR) is 91.8 cm³/mol. The third-order valence-corrected chi connectivity index (χ3v) is 5.77. The van der Waals surface area contributed by atoms with Crippen LogP contribution in [-0.2, 0) is 23.5 Å². The molecular weight excluding hydrogens is 326 g/mol. The van der Waals surface area contributed by atoms with Gasteiger partial charge in [-0.25, -0.2) is 27.7 Å².